The Bertz CT molecular complexity index is 921. The van der Waals surface area contributed by atoms with Crippen molar-refractivity contribution in [2.24, 2.45) is 0 Å². The molecule has 1 fully saturated rings. The minimum Gasteiger partial charge on any atom is -0.497 e. The van der Waals surface area contributed by atoms with Crippen molar-refractivity contribution >= 4 is 23.4 Å². The maximum Gasteiger partial charge on any atom is 0.237 e. The van der Waals surface area contributed by atoms with E-state index in [4.69, 9.17) is 21.1 Å². The SMILES string of the molecule is COc1ccc(CN2CCNC(=O)C2CC(=O)NCCc2cccc(Cl)c2)c(OC)c1. The number of piperazine rings is 1. The van der Waals surface area contributed by atoms with E-state index in [2.05, 4.69) is 10.6 Å². The van der Waals surface area contributed by atoms with Gasteiger partial charge >= 0.3 is 0 Å². The standard InChI is InChI=1S/C23H28ClN3O4/c1-30-19-7-6-17(21(13-19)31-2)15-27-11-10-26-23(29)20(27)14-22(28)25-9-8-16-4-3-5-18(24)12-16/h3-7,12-13,20H,8-11,14-15H2,1-2H3,(H,25,28)(H,26,29). The lowest BCUT2D eigenvalue weighted by molar-refractivity contribution is -0.134. The molecule has 0 spiro atoms. The first kappa shape index (κ1) is 22.9. The Balaban J connectivity index is 1.60. The number of methoxy groups -OCH3 is 2. The fraction of sp³-hybridized carbons (Fsp3) is 0.391. The van der Waals surface area contributed by atoms with E-state index in [-0.39, 0.29) is 18.2 Å². The van der Waals surface area contributed by atoms with Gasteiger partial charge in [-0.1, -0.05) is 29.8 Å². The molecular formula is C23H28ClN3O4. The zero-order chi connectivity index (χ0) is 22.2. The number of carbonyl (C=O) groups excluding carboxylic acids is 2. The van der Waals surface area contributed by atoms with Gasteiger partial charge in [-0.2, -0.15) is 0 Å². The summed E-state index contributed by atoms with van der Waals surface area (Å²) in [4.78, 5) is 27.1. The largest absolute Gasteiger partial charge is 0.497 e. The number of benzene rings is 2. The molecule has 1 aliphatic heterocycles. The van der Waals surface area contributed by atoms with Gasteiger partial charge in [0.2, 0.25) is 11.8 Å². The van der Waals surface area contributed by atoms with Crippen LogP contribution in [0.25, 0.3) is 0 Å². The van der Waals surface area contributed by atoms with Gasteiger partial charge in [-0.3, -0.25) is 14.5 Å². The molecule has 0 bridgehead atoms. The minimum absolute atomic E-state index is 0.0971. The topological polar surface area (TPSA) is 79.9 Å². The van der Waals surface area contributed by atoms with Gasteiger partial charge in [0.15, 0.2) is 0 Å². The summed E-state index contributed by atoms with van der Waals surface area (Å²) in [6.45, 7) is 2.19. The molecule has 2 aromatic rings. The third-order valence-electron chi connectivity index (χ3n) is 5.31. The molecule has 0 radical (unpaired) electrons. The zero-order valence-corrected chi connectivity index (χ0v) is 18.6. The van der Waals surface area contributed by atoms with Crippen LogP contribution < -0.4 is 20.1 Å². The van der Waals surface area contributed by atoms with E-state index in [1.807, 2.05) is 47.4 Å². The van der Waals surface area contributed by atoms with Crippen LogP contribution in [0.3, 0.4) is 0 Å². The molecular weight excluding hydrogens is 418 g/mol. The van der Waals surface area contributed by atoms with Crippen molar-refractivity contribution in [3.05, 3.63) is 58.6 Å². The van der Waals surface area contributed by atoms with Crippen LogP contribution in [0, 0.1) is 0 Å². The van der Waals surface area contributed by atoms with E-state index in [1.54, 1.807) is 14.2 Å². The lowest BCUT2D eigenvalue weighted by Gasteiger charge is -2.35. The van der Waals surface area contributed by atoms with E-state index < -0.39 is 6.04 Å². The van der Waals surface area contributed by atoms with Gasteiger partial charge in [0.05, 0.1) is 26.7 Å². The van der Waals surface area contributed by atoms with E-state index in [9.17, 15) is 9.59 Å². The normalized spacial score (nSPS) is 16.5. The number of nitrogens with one attached hydrogen (secondary N) is 2. The summed E-state index contributed by atoms with van der Waals surface area (Å²) in [6, 6.07) is 12.6. The zero-order valence-electron chi connectivity index (χ0n) is 17.8. The molecule has 1 atom stereocenters. The van der Waals surface area contributed by atoms with Crippen molar-refractivity contribution in [1.82, 2.24) is 15.5 Å². The van der Waals surface area contributed by atoms with Gasteiger partial charge in [0, 0.05) is 42.8 Å². The Labute approximate surface area is 187 Å². The second kappa shape index (κ2) is 11.0. The third kappa shape index (κ3) is 6.35. The molecule has 1 aliphatic rings. The number of nitrogens with zero attached hydrogens (tertiary/aromatic N) is 1. The summed E-state index contributed by atoms with van der Waals surface area (Å²) in [7, 11) is 3.20. The molecule has 7 nitrogen and oxygen atoms in total. The highest BCUT2D eigenvalue weighted by Gasteiger charge is 2.32. The molecule has 0 aliphatic carbocycles. The van der Waals surface area contributed by atoms with Crippen LogP contribution in [0.2, 0.25) is 5.02 Å². The molecule has 8 heteroatoms. The monoisotopic (exact) mass is 445 g/mol. The van der Waals surface area contributed by atoms with Crippen molar-refractivity contribution in [1.29, 1.82) is 0 Å². The summed E-state index contributed by atoms with van der Waals surface area (Å²) in [5, 5.41) is 6.45. The molecule has 0 aromatic heterocycles. The van der Waals surface area contributed by atoms with Gasteiger partial charge in [-0.05, 0) is 30.2 Å². The summed E-state index contributed by atoms with van der Waals surface area (Å²) in [5.74, 6) is 1.10. The Morgan fingerprint density at radius 2 is 2.06 bits per heavy atom. The fourth-order valence-electron chi connectivity index (χ4n) is 3.66. The maximum atomic E-state index is 12.5. The summed E-state index contributed by atoms with van der Waals surface area (Å²) < 4.78 is 10.7. The third-order valence-corrected chi connectivity index (χ3v) is 5.55. The van der Waals surface area contributed by atoms with Gasteiger partial charge in [0.1, 0.15) is 11.5 Å². The first-order chi connectivity index (χ1) is 15.0. The Hall–Kier alpha value is -2.77. The Morgan fingerprint density at radius 3 is 2.81 bits per heavy atom. The van der Waals surface area contributed by atoms with Crippen molar-refractivity contribution < 1.29 is 19.1 Å². The number of hydrogen-bond donors (Lipinski definition) is 2. The predicted molar refractivity (Wildman–Crippen MR) is 120 cm³/mol. The smallest absolute Gasteiger partial charge is 0.237 e. The van der Waals surface area contributed by atoms with Crippen LogP contribution in [-0.4, -0.2) is 56.6 Å². The van der Waals surface area contributed by atoms with E-state index in [0.717, 1.165) is 11.1 Å². The van der Waals surface area contributed by atoms with E-state index in [1.165, 1.54) is 0 Å². The Morgan fingerprint density at radius 1 is 1.23 bits per heavy atom. The number of ether oxygens (including phenoxy) is 2. The van der Waals surface area contributed by atoms with Crippen molar-refractivity contribution in [2.75, 3.05) is 33.9 Å². The lowest BCUT2D eigenvalue weighted by atomic mass is 10.1. The van der Waals surface area contributed by atoms with Crippen LogP contribution in [-0.2, 0) is 22.6 Å². The quantitative estimate of drug-likeness (QED) is 0.619. The molecule has 1 heterocycles. The lowest BCUT2D eigenvalue weighted by Crippen LogP contribution is -2.56. The second-order valence-electron chi connectivity index (χ2n) is 7.39. The Kier molecular flexibility index (Phi) is 8.14. The summed E-state index contributed by atoms with van der Waals surface area (Å²) in [5.41, 5.74) is 1.99. The minimum atomic E-state index is -0.535. The van der Waals surface area contributed by atoms with Crippen LogP contribution in [0.15, 0.2) is 42.5 Å². The number of rotatable bonds is 9. The van der Waals surface area contributed by atoms with E-state index >= 15 is 0 Å². The molecule has 2 aromatic carbocycles. The summed E-state index contributed by atoms with van der Waals surface area (Å²) >= 11 is 6.00. The first-order valence-corrected chi connectivity index (χ1v) is 10.6. The number of amides is 2. The molecule has 2 N–H and O–H groups in total. The second-order valence-corrected chi connectivity index (χ2v) is 7.83. The predicted octanol–water partition coefficient (Wildman–Crippen LogP) is 2.41. The average Bonchev–Trinajstić information content (AvgIpc) is 2.76. The van der Waals surface area contributed by atoms with Crippen molar-refractivity contribution in [3.8, 4) is 11.5 Å². The van der Waals surface area contributed by atoms with Crippen LogP contribution >= 0.6 is 11.6 Å². The van der Waals surface area contributed by atoms with Crippen molar-refractivity contribution in [2.45, 2.75) is 25.4 Å². The van der Waals surface area contributed by atoms with E-state index in [0.29, 0.717) is 49.1 Å². The van der Waals surface area contributed by atoms with Gasteiger partial charge in [-0.25, -0.2) is 0 Å². The molecule has 166 valence electrons. The highest BCUT2D eigenvalue weighted by molar-refractivity contribution is 6.30. The molecule has 1 saturated heterocycles. The number of hydrogen-bond acceptors (Lipinski definition) is 5. The summed E-state index contributed by atoms with van der Waals surface area (Å²) in [6.07, 6.45) is 0.774. The van der Waals surface area contributed by atoms with Crippen LogP contribution in [0.5, 0.6) is 11.5 Å². The fourth-order valence-corrected chi connectivity index (χ4v) is 3.87. The first-order valence-electron chi connectivity index (χ1n) is 10.2. The molecule has 1 unspecified atom stereocenters. The number of carbonyl (C=O) groups is 2. The molecule has 31 heavy (non-hydrogen) atoms. The number of halogens is 1. The maximum absolute atomic E-state index is 12.5. The molecule has 2 amide bonds. The van der Waals surface area contributed by atoms with Crippen LogP contribution in [0.4, 0.5) is 0 Å². The van der Waals surface area contributed by atoms with Gasteiger partial charge in [-0.15, -0.1) is 0 Å². The van der Waals surface area contributed by atoms with Gasteiger partial charge < -0.3 is 20.1 Å². The van der Waals surface area contributed by atoms with Crippen LogP contribution in [0.1, 0.15) is 17.5 Å². The average molecular weight is 446 g/mol. The van der Waals surface area contributed by atoms with Crippen molar-refractivity contribution in [3.63, 3.8) is 0 Å². The highest BCUT2D eigenvalue weighted by Crippen LogP contribution is 2.27. The molecule has 3 rings (SSSR count). The van der Waals surface area contributed by atoms with Gasteiger partial charge in [0.25, 0.3) is 0 Å². The molecule has 0 saturated carbocycles. The highest BCUT2D eigenvalue weighted by atomic mass is 35.5.